The minimum atomic E-state index is -1.26. The van der Waals surface area contributed by atoms with E-state index in [1.54, 1.807) is 10.7 Å². The summed E-state index contributed by atoms with van der Waals surface area (Å²) in [5.41, 5.74) is 4.10. The summed E-state index contributed by atoms with van der Waals surface area (Å²) >= 11 is 0. The molecule has 0 fully saturated rings. The molecule has 1 aliphatic carbocycles. The smallest absolute Gasteiger partial charge is 0.328 e. The average molecular weight is 453 g/mol. The van der Waals surface area contributed by atoms with Crippen molar-refractivity contribution >= 4 is 34.3 Å². The number of rotatable bonds is 6. The fourth-order valence-electron chi connectivity index (χ4n) is 3.48. The number of benzene rings is 1. The summed E-state index contributed by atoms with van der Waals surface area (Å²) in [6.45, 7) is 1.59. The fourth-order valence-corrected chi connectivity index (χ4v) is 3.48. The van der Waals surface area contributed by atoms with Crippen LogP contribution in [0.5, 0.6) is 0 Å². The predicted octanol–water partition coefficient (Wildman–Crippen LogP) is 1.10. The van der Waals surface area contributed by atoms with E-state index in [0.717, 1.165) is 29.7 Å². The van der Waals surface area contributed by atoms with Gasteiger partial charge in [0.1, 0.15) is 5.69 Å². The van der Waals surface area contributed by atoms with E-state index in [0.29, 0.717) is 39.3 Å². The Labute approximate surface area is 188 Å². The zero-order valence-electron chi connectivity index (χ0n) is 18.3. The van der Waals surface area contributed by atoms with Crippen LogP contribution in [0.1, 0.15) is 15.9 Å². The number of ketones is 1. The van der Waals surface area contributed by atoms with Gasteiger partial charge in [-0.3, -0.25) is 9.48 Å². The van der Waals surface area contributed by atoms with Crippen LogP contribution in [-0.2, 0) is 16.6 Å². The van der Waals surface area contributed by atoms with E-state index in [-0.39, 0.29) is 5.78 Å². The number of pyridine rings is 1. The third-order valence-corrected chi connectivity index (χ3v) is 4.92. The molecule has 0 radical (unpaired) electrons. The highest BCUT2D eigenvalue weighted by Crippen LogP contribution is 2.41. The second kappa shape index (κ2) is 9.49. The molecule has 3 aromatic rings. The molecule has 33 heavy (non-hydrogen) atoms. The van der Waals surface area contributed by atoms with Gasteiger partial charge in [-0.1, -0.05) is 0 Å². The van der Waals surface area contributed by atoms with Crippen LogP contribution in [0.15, 0.2) is 42.7 Å². The minimum Gasteiger partial charge on any atom is -0.619 e. The molecule has 0 saturated carbocycles. The largest absolute Gasteiger partial charge is 0.619 e. The molecular formula is C22H23N5O6. The van der Waals surface area contributed by atoms with Gasteiger partial charge in [0.2, 0.25) is 0 Å². The summed E-state index contributed by atoms with van der Waals surface area (Å²) in [6.07, 6.45) is 3.89. The lowest BCUT2D eigenvalue weighted by atomic mass is 9.87. The second-order valence-corrected chi connectivity index (χ2v) is 7.56. The van der Waals surface area contributed by atoms with Crippen LogP contribution in [0.2, 0.25) is 0 Å². The number of anilines is 1. The highest BCUT2D eigenvalue weighted by Gasteiger charge is 2.32. The van der Waals surface area contributed by atoms with Crippen molar-refractivity contribution in [1.82, 2.24) is 14.7 Å². The lowest BCUT2D eigenvalue weighted by Gasteiger charge is -2.19. The number of aromatic nitrogens is 3. The third kappa shape index (κ3) is 4.99. The number of fused-ring (bicyclic) bond motifs is 2. The van der Waals surface area contributed by atoms with Crippen LogP contribution in [0.4, 0.5) is 5.69 Å². The van der Waals surface area contributed by atoms with E-state index in [9.17, 15) is 19.6 Å². The summed E-state index contributed by atoms with van der Waals surface area (Å²) in [5, 5.41) is 36.1. The van der Waals surface area contributed by atoms with Crippen LogP contribution in [-0.4, -0.2) is 69.8 Å². The molecule has 0 atom stereocenters. The van der Waals surface area contributed by atoms with Gasteiger partial charge in [-0.2, -0.15) is 9.83 Å². The zero-order chi connectivity index (χ0) is 24.3. The number of aryl methyl sites for hydroxylation is 1. The zero-order valence-corrected chi connectivity index (χ0v) is 18.3. The monoisotopic (exact) mass is 453 g/mol. The maximum atomic E-state index is 13.1. The molecule has 1 aromatic carbocycles. The molecule has 11 heteroatoms. The van der Waals surface area contributed by atoms with E-state index in [1.807, 2.05) is 33.3 Å². The Morgan fingerprint density at radius 3 is 2.45 bits per heavy atom. The van der Waals surface area contributed by atoms with Crippen LogP contribution in [0.3, 0.4) is 0 Å². The number of nitrogens with zero attached hydrogens (tertiary/aromatic N) is 4. The average Bonchev–Trinajstić information content (AvgIpc) is 3.08. The summed E-state index contributed by atoms with van der Waals surface area (Å²) in [7, 11) is 5.86. The normalized spacial score (nSPS) is 11.9. The van der Waals surface area contributed by atoms with Crippen molar-refractivity contribution in [1.29, 1.82) is 0 Å². The molecule has 1 aliphatic rings. The van der Waals surface area contributed by atoms with Crippen molar-refractivity contribution in [3.05, 3.63) is 59.1 Å². The van der Waals surface area contributed by atoms with Gasteiger partial charge >= 0.3 is 11.9 Å². The second-order valence-electron chi connectivity index (χ2n) is 7.56. The number of hydrogen-bond donors (Lipinski definition) is 3. The molecule has 0 amide bonds. The molecular weight excluding hydrogens is 430 g/mol. The Hall–Kier alpha value is -4.25. The molecule has 0 unspecified atom stereocenters. The highest BCUT2D eigenvalue weighted by molar-refractivity contribution is 6.27. The molecule has 2 heterocycles. The lowest BCUT2D eigenvalue weighted by molar-refractivity contribution is -0.604. The number of carbonyl (C=O) groups excluding carboxylic acids is 1. The van der Waals surface area contributed by atoms with E-state index in [4.69, 9.17) is 10.2 Å². The van der Waals surface area contributed by atoms with E-state index >= 15 is 0 Å². The van der Waals surface area contributed by atoms with Crippen molar-refractivity contribution < 1.29 is 29.3 Å². The molecule has 4 rings (SSSR count). The van der Waals surface area contributed by atoms with E-state index in [2.05, 4.69) is 15.3 Å². The SMILES string of the molecule is CN(C)CCNc1ccc2c3c(nn2C)-c2c[n+]([O-])ccc2C(=O)c13.O=C(O)/C=C\C(=O)O. The first kappa shape index (κ1) is 23.4. The molecule has 0 aliphatic heterocycles. The van der Waals surface area contributed by atoms with Crippen LogP contribution < -0.4 is 10.0 Å². The first-order valence-corrected chi connectivity index (χ1v) is 9.90. The molecule has 11 nitrogen and oxygen atoms in total. The number of likely N-dealkylation sites (N-methyl/N-ethyl adjacent to an activating group) is 1. The maximum Gasteiger partial charge on any atom is 0.328 e. The summed E-state index contributed by atoms with van der Waals surface area (Å²) < 4.78 is 2.46. The molecule has 0 saturated heterocycles. The number of hydrogen-bond acceptors (Lipinski definition) is 7. The van der Waals surface area contributed by atoms with Gasteiger partial charge in [0.25, 0.3) is 0 Å². The Morgan fingerprint density at radius 1 is 1.18 bits per heavy atom. The quantitative estimate of drug-likeness (QED) is 0.221. The van der Waals surface area contributed by atoms with Gasteiger partial charge in [-0.15, -0.1) is 0 Å². The van der Waals surface area contributed by atoms with Crippen molar-refractivity contribution in [3.8, 4) is 11.3 Å². The van der Waals surface area contributed by atoms with Gasteiger partial charge in [-0.25, -0.2) is 9.59 Å². The van der Waals surface area contributed by atoms with Gasteiger partial charge in [0, 0.05) is 55.0 Å². The molecule has 2 aromatic heterocycles. The van der Waals surface area contributed by atoms with Gasteiger partial charge in [0.15, 0.2) is 18.2 Å². The van der Waals surface area contributed by atoms with Crippen molar-refractivity contribution in [3.63, 3.8) is 0 Å². The predicted molar refractivity (Wildman–Crippen MR) is 120 cm³/mol. The molecule has 172 valence electrons. The van der Waals surface area contributed by atoms with Crippen molar-refractivity contribution in [2.45, 2.75) is 0 Å². The Kier molecular flexibility index (Phi) is 6.73. The van der Waals surface area contributed by atoms with Crippen LogP contribution >= 0.6 is 0 Å². The number of carboxylic acids is 2. The van der Waals surface area contributed by atoms with Gasteiger partial charge in [-0.05, 0) is 26.2 Å². The number of carboxylic acid groups (broad SMARTS) is 2. The van der Waals surface area contributed by atoms with E-state index in [1.165, 1.54) is 12.4 Å². The summed E-state index contributed by atoms with van der Waals surface area (Å²) in [6, 6.07) is 5.46. The third-order valence-electron chi connectivity index (χ3n) is 4.92. The first-order valence-electron chi connectivity index (χ1n) is 9.90. The van der Waals surface area contributed by atoms with Crippen LogP contribution in [0, 0.1) is 5.21 Å². The summed E-state index contributed by atoms with van der Waals surface area (Å²) in [5.74, 6) is -2.59. The molecule has 0 bridgehead atoms. The first-order chi connectivity index (χ1) is 15.6. The maximum absolute atomic E-state index is 13.1. The van der Waals surface area contributed by atoms with Gasteiger partial charge < -0.3 is 25.6 Å². The number of nitrogens with one attached hydrogen (secondary N) is 1. The Balaban J connectivity index is 0.000000331. The van der Waals surface area contributed by atoms with Crippen molar-refractivity contribution in [2.75, 3.05) is 32.5 Å². The van der Waals surface area contributed by atoms with Crippen molar-refractivity contribution in [2.24, 2.45) is 7.05 Å². The standard InChI is InChI=1S/C18H19N5O2.C4H4O4/c1-21(2)9-7-19-13-4-5-14-16-15(13)18(24)11-6-8-23(25)10-12(11)17(16)20-22(14)3;5-3(6)1-2-4(7)8/h4-6,8,10,19H,7,9H2,1-3H3;1-2H,(H,5,6)(H,7,8)/b;2-1-. The fraction of sp³-hybridized carbons (Fsp3) is 0.227. The van der Waals surface area contributed by atoms with Gasteiger partial charge in [0.05, 0.1) is 16.6 Å². The summed E-state index contributed by atoms with van der Waals surface area (Å²) in [4.78, 5) is 34.3. The number of aliphatic carboxylic acids is 2. The highest BCUT2D eigenvalue weighted by atomic mass is 16.5. The number of carbonyl (C=O) groups is 3. The van der Waals surface area contributed by atoms with Crippen LogP contribution in [0.25, 0.3) is 22.2 Å². The Bertz CT molecular complexity index is 1260. The Morgan fingerprint density at radius 2 is 1.85 bits per heavy atom. The lowest BCUT2D eigenvalue weighted by Crippen LogP contribution is -2.27. The molecule has 0 spiro atoms. The topological polar surface area (TPSA) is 152 Å². The minimum absolute atomic E-state index is 0.0750. The van der Waals surface area contributed by atoms with E-state index < -0.39 is 11.9 Å². The molecule has 3 N–H and O–H groups in total.